The molecule has 0 spiro atoms. The lowest BCUT2D eigenvalue weighted by Gasteiger charge is -2.33. The van der Waals surface area contributed by atoms with E-state index >= 15 is 0 Å². The molecule has 2 saturated heterocycles. The van der Waals surface area contributed by atoms with Gasteiger partial charge in [-0.3, -0.25) is 5.32 Å². The first-order valence-electron chi connectivity index (χ1n) is 5.41. The Hall–Kier alpha value is 0.170. The van der Waals surface area contributed by atoms with E-state index in [1.807, 2.05) is 0 Å². The molecule has 0 radical (unpaired) electrons. The van der Waals surface area contributed by atoms with Gasteiger partial charge in [0.1, 0.15) is 6.23 Å². The Kier molecular flexibility index (Phi) is 5.17. The third kappa shape index (κ3) is 3.09. The molecule has 4 heteroatoms. The van der Waals surface area contributed by atoms with Crippen molar-refractivity contribution in [1.82, 2.24) is 10.2 Å². The number of ether oxygens (including phenoxy) is 1. The van der Waals surface area contributed by atoms with Gasteiger partial charge in [-0.25, -0.2) is 0 Å². The first kappa shape index (κ1) is 12.2. The summed E-state index contributed by atoms with van der Waals surface area (Å²) < 4.78 is 5.57. The van der Waals surface area contributed by atoms with Gasteiger partial charge in [0.05, 0.1) is 6.61 Å². The molecular weight excluding hydrogens is 200 g/mol. The van der Waals surface area contributed by atoms with Crippen LogP contribution in [-0.2, 0) is 4.74 Å². The Balaban J connectivity index is 0.000000980. The van der Waals surface area contributed by atoms with Gasteiger partial charge in [0.2, 0.25) is 0 Å². The third-order valence-electron chi connectivity index (χ3n) is 3.20. The van der Waals surface area contributed by atoms with E-state index in [9.17, 15) is 0 Å². The fourth-order valence-electron chi connectivity index (χ4n) is 2.32. The second-order valence-electron chi connectivity index (χ2n) is 4.18. The molecule has 2 aliphatic rings. The molecule has 3 nitrogen and oxygen atoms in total. The molecule has 0 saturated carbocycles. The number of hydrogen-bond acceptors (Lipinski definition) is 3. The monoisotopic (exact) mass is 220 g/mol. The Morgan fingerprint density at radius 3 is 2.93 bits per heavy atom. The number of nitrogens with zero attached hydrogens (tertiary/aromatic N) is 1. The maximum atomic E-state index is 5.57. The zero-order chi connectivity index (χ0) is 9.10. The lowest BCUT2D eigenvalue weighted by Crippen LogP contribution is -2.40. The van der Waals surface area contributed by atoms with Crippen molar-refractivity contribution in [3.63, 3.8) is 0 Å². The molecule has 1 N–H and O–H groups in total. The molecule has 0 aromatic rings. The van der Waals surface area contributed by atoms with E-state index in [1.165, 1.54) is 25.8 Å². The summed E-state index contributed by atoms with van der Waals surface area (Å²) in [7, 11) is 2.23. The molecule has 0 aliphatic carbocycles. The number of piperidine rings is 1. The van der Waals surface area contributed by atoms with Gasteiger partial charge in [-0.2, -0.15) is 0 Å². The number of rotatable bonds is 2. The van der Waals surface area contributed by atoms with Crippen LogP contribution in [0.1, 0.15) is 25.7 Å². The first-order chi connectivity index (χ1) is 6.36. The maximum absolute atomic E-state index is 5.57. The van der Waals surface area contributed by atoms with Crippen LogP contribution in [0, 0.1) is 0 Å². The summed E-state index contributed by atoms with van der Waals surface area (Å²) in [6.07, 6.45) is 5.59. The number of likely N-dealkylation sites (tertiary alicyclic amines) is 1. The topological polar surface area (TPSA) is 24.5 Å². The van der Waals surface area contributed by atoms with Gasteiger partial charge >= 0.3 is 0 Å². The minimum Gasteiger partial charge on any atom is -0.362 e. The highest BCUT2D eigenvalue weighted by molar-refractivity contribution is 5.85. The summed E-state index contributed by atoms with van der Waals surface area (Å²) in [5.74, 6) is 0. The standard InChI is InChI=1S/C10H20N2O.ClH/c1-12-6-3-2-4-9(12)8-10-11-5-7-13-10;/h9-11H,2-8H2,1H3;1H. The summed E-state index contributed by atoms with van der Waals surface area (Å²) in [6, 6.07) is 0.740. The van der Waals surface area contributed by atoms with Crippen LogP contribution in [-0.4, -0.2) is 43.9 Å². The lowest BCUT2D eigenvalue weighted by atomic mass is 9.99. The average molecular weight is 221 g/mol. The van der Waals surface area contributed by atoms with Gasteiger partial charge in [-0.1, -0.05) is 6.42 Å². The average Bonchev–Trinajstić information content (AvgIpc) is 2.61. The molecule has 2 unspecified atom stereocenters. The largest absolute Gasteiger partial charge is 0.362 e. The van der Waals surface area contributed by atoms with E-state index < -0.39 is 0 Å². The van der Waals surface area contributed by atoms with Crippen LogP contribution in [0.5, 0.6) is 0 Å². The molecule has 0 amide bonds. The fourth-order valence-corrected chi connectivity index (χ4v) is 2.32. The Labute approximate surface area is 92.6 Å². The van der Waals surface area contributed by atoms with Crippen molar-refractivity contribution in [3.8, 4) is 0 Å². The zero-order valence-corrected chi connectivity index (χ0v) is 9.68. The molecule has 2 aliphatic heterocycles. The summed E-state index contributed by atoms with van der Waals surface area (Å²) in [5, 5.41) is 3.38. The molecule has 2 rings (SSSR count). The normalized spacial score (nSPS) is 34.1. The highest BCUT2D eigenvalue weighted by atomic mass is 35.5. The van der Waals surface area contributed by atoms with Gasteiger partial charge < -0.3 is 9.64 Å². The van der Waals surface area contributed by atoms with Gasteiger partial charge in [-0.15, -0.1) is 12.4 Å². The minimum atomic E-state index is 0. The van der Waals surface area contributed by atoms with Crippen molar-refractivity contribution >= 4 is 12.4 Å². The van der Waals surface area contributed by atoms with Crippen molar-refractivity contribution in [2.75, 3.05) is 26.7 Å². The van der Waals surface area contributed by atoms with Crippen LogP contribution >= 0.6 is 12.4 Å². The van der Waals surface area contributed by atoms with E-state index in [2.05, 4.69) is 17.3 Å². The predicted octanol–water partition coefficient (Wildman–Crippen LogP) is 1.23. The van der Waals surface area contributed by atoms with Crippen LogP contribution in [0.4, 0.5) is 0 Å². The Morgan fingerprint density at radius 2 is 2.29 bits per heavy atom. The van der Waals surface area contributed by atoms with E-state index in [0.29, 0.717) is 6.23 Å². The molecule has 2 fully saturated rings. The summed E-state index contributed by atoms with van der Waals surface area (Å²) in [5.41, 5.74) is 0. The lowest BCUT2D eigenvalue weighted by molar-refractivity contribution is 0.0558. The third-order valence-corrected chi connectivity index (χ3v) is 3.20. The highest BCUT2D eigenvalue weighted by Crippen LogP contribution is 2.20. The summed E-state index contributed by atoms with van der Waals surface area (Å²) in [4.78, 5) is 2.48. The highest BCUT2D eigenvalue weighted by Gasteiger charge is 2.24. The van der Waals surface area contributed by atoms with E-state index in [4.69, 9.17) is 4.74 Å². The molecule has 0 bridgehead atoms. The van der Waals surface area contributed by atoms with Crippen molar-refractivity contribution in [2.24, 2.45) is 0 Å². The van der Waals surface area contributed by atoms with E-state index in [0.717, 1.165) is 25.6 Å². The van der Waals surface area contributed by atoms with Crippen LogP contribution in [0.15, 0.2) is 0 Å². The number of nitrogens with one attached hydrogen (secondary N) is 1. The quantitative estimate of drug-likeness (QED) is 0.758. The smallest absolute Gasteiger partial charge is 0.109 e. The summed E-state index contributed by atoms with van der Waals surface area (Å²) in [6.45, 7) is 3.18. The Morgan fingerprint density at radius 1 is 1.43 bits per heavy atom. The molecule has 2 atom stereocenters. The maximum Gasteiger partial charge on any atom is 0.109 e. The van der Waals surface area contributed by atoms with Crippen LogP contribution in [0.2, 0.25) is 0 Å². The molecule has 14 heavy (non-hydrogen) atoms. The van der Waals surface area contributed by atoms with Gasteiger partial charge in [0, 0.05) is 19.0 Å². The van der Waals surface area contributed by atoms with Crippen LogP contribution in [0.25, 0.3) is 0 Å². The van der Waals surface area contributed by atoms with Gasteiger partial charge in [0.15, 0.2) is 0 Å². The molecule has 0 aromatic carbocycles. The molecule has 84 valence electrons. The second-order valence-corrected chi connectivity index (χ2v) is 4.18. The molecule has 0 aromatic heterocycles. The summed E-state index contributed by atoms with van der Waals surface area (Å²) >= 11 is 0. The zero-order valence-electron chi connectivity index (χ0n) is 8.87. The van der Waals surface area contributed by atoms with Gasteiger partial charge in [0.25, 0.3) is 0 Å². The van der Waals surface area contributed by atoms with Crippen molar-refractivity contribution in [2.45, 2.75) is 38.0 Å². The van der Waals surface area contributed by atoms with E-state index in [1.54, 1.807) is 0 Å². The van der Waals surface area contributed by atoms with E-state index in [-0.39, 0.29) is 12.4 Å². The minimum absolute atomic E-state index is 0. The fraction of sp³-hybridized carbons (Fsp3) is 1.00. The number of halogens is 1. The second kappa shape index (κ2) is 5.91. The van der Waals surface area contributed by atoms with Crippen LogP contribution in [0.3, 0.4) is 0 Å². The molecular formula is C10H21ClN2O. The molecule has 2 heterocycles. The van der Waals surface area contributed by atoms with Crippen molar-refractivity contribution in [1.29, 1.82) is 0 Å². The number of hydrogen-bond donors (Lipinski definition) is 1. The van der Waals surface area contributed by atoms with Crippen LogP contribution < -0.4 is 5.32 Å². The Bertz CT molecular complexity index is 162. The van der Waals surface area contributed by atoms with Crippen molar-refractivity contribution < 1.29 is 4.74 Å². The predicted molar refractivity (Wildman–Crippen MR) is 59.9 cm³/mol. The van der Waals surface area contributed by atoms with Crippen molar-refractivity contribution in [3.05, 3.63) is 0 Å². The SMILES string of the molecule is CN1CCCCC1CC1NCCO1.Cl. The first-order valence-corrected chi connectivity index (χ1v) is 5.41. The van der Waals surface area contributed by atoms with Gasteiger partial charge in [-0.05, 0) is 26.4 Å².